The number of aromatic nitrogens is 4. The van der Waals surface area contributed by atoms with Crippen molar-refractivity contribution in [3.05, 3.63) is 31.8 Å². The molecule has 0 radical (unpaired) electrons. The van der Waals surface area contributed by atoms with Gasteiger partial charge >= 0.3 is 0 Å². The summed E-state index contributed by atoms with van der Waals surface area (Å²) in [6.07, 6.45) is 1.61. The minimum absolute atomic E-state index is 0.196. The van der Waals surface area contributed by atoms with Crippen molar-refractivity contribution in [1.82, 2.24) is 19.7 Å². The Bertz CT molecular complexity index is 553. The van der Waals surface area contributed by atoms with E-state index in [0.717, 1.165) is 20.3 Å². The van der Waals surface area contributed by atoms with Gasteiger partial charge in [-0.05, 0) is 57.3 Å². The molecule has 16 heavy (non-hydrogen) atoms. The minimum Gasteiger partial charge on any atom is -0.225 e. The van der Waals surface area contributed by atoms with Gasteiger partial charge in [0, 0.05) is 6.20 Å². The van der Waals surface area contributed by atoms with E-state index in [1.54, 1.807) is 10.9 Å². The fraction of sp³-hybridized carbons (Fsp3) is 0.222. The second-order valence-corrected chi connectivity index (χ2v) is 5.19. The zero-order valence-electron chi connectivity index (χ0n) is 8.50. The molecule has 2 aromatic heterocycles. The smallest absolute Gasteiger partial charge is 0.224 e. The van der Waals surface area contributed by atoms with E-state index in [1.807, 2.05) is 13.8 Å². The average molecular weight is 366 g/mol. The lowest BCUT2D eigenvalue weighted by atomic mass is 10.4. The number of hydrogen-bond donors (Lipinski definition) is 0. The third kappa shape index (κ3) is 2.01. The summed E-state index contributed by atoms with van der Waals surface area (Å²) in [5, 5.41) is 4.57. The lowest BCUT2D eigenvalue weighted by Crippen LogP contribution is -2.04. The molecule has 2 heterocycles. The Kier molecular flexibility index (Phi) is 3.32. The SMILES string of the molecule is Cc1nn(-c2nc(Cl)ncc2Br)c(C)c1Br. The zero-order chi connectivity index (χ0) is 11.9. The summed E-state index contributed by atoms with van der Waals surface area (Å²) in [6.45, 7) is 3.87. The van der Waals surface area contributed by atoms with Crippen LogP contribution < -0.4 is 0 Å². The Morgan fingerprint density at radius 2 is 2.00 bits per heavy atom. The van der Waals surface area contributed by atoms with Crippen molar-refractivity contribution in [3.63, 3.8) is 0 Å². The molecule has 0 saturated carbocycles. The maximum atomic E-state index is 5.77. The van der Waals surface area contributed by atoms with Crippen molar-refractivity contribution in [1.29, 1.82) is 0 Å². The van der Waals surface area contributed by atoms with Crippen LogP contribution in [0.15, 0.2) is 15.1 Å². The van der Waals surface area contributed by atoms with Gasteiger partial charge in [-0.3, -0.25) is 0 Å². The summed E-state index contributed by atoms with van der Waals surface area (Å²) >= 11 is 12.6. The lowest BCUT2D eigenvalue weighted by molar-refractivity contribution is 0.795. The molecule has 0 aliphatic rings. The molecule has 4 nitrogen and oxygen atoms in total. The topological polar surface area (TPSA) is 43.6 Å². The Labute approximate surface area is 114 Å². The van der Waals surface area contributed by atoms with Gasteiger partial charge in [-0.1, -0.05) is 0 Å². The van der Waals surface area contributed by atoms with Crippen molar-refractivity contribution in [2.24, 2.45) is 0 Å². The van der Waals surface area contributed by atoms with Gasteiger partial charge in [-0.15, -0.1) is 0 Å². The first kappa shape index (κ1) is 12.0. The maximum absolute atomic E-state index is 5.77. The molecule has 0 atom stereocenters. The minimum atomic E-state index is 0.196. The zero-order valence-corrected chi connectivity index (χ0v) is 12.4. The molecule has 0 fully saturated rings. The van der Waals surface area contributed by atoms with Crippen molar-refractivity contribution < 1.29 is 0 Å². The maximum Gasteiger partial charge on any atom is 0.224 e. The average Bonchev–Trinajstić information content (AvgIpc) is 2.50. The summed E-state index contributed by atoms with van der Waals surface area (Å²) in [6, 6.07) is 0. The molecular weight excluding hydrogens is 359 g/mol. The molecule has 0 unspecified atom stereocenters. The van der Waals surface area contributed by atoms with E-state index in [-0.39, 0.29) is 5.28 Å². The normalized spacial score (nSPS) is 10.8. The summed E-state index contributed by atoms with van der Waals surface area (Å²) in [5.74, 6) is 0.631. The van der Waals surface area contributed by atoms with E-state index in [1.165, 1.54) is 0 Å². The number of nitrogens with zero attached hydrogens (tertiary/aromatic N) is 4. The molecule has 0 bridgehead atoms. The second-order valence-electron chi connectivity index (χ2n) is 3.21. The number of rotatable bonds is 1. The number of hydrogen-bond acceptors (Lipinski definition) is 3. The molecule has 0 amide bonds. The van der Waals surface area contributed by atoms with Gasteiger partial charge < -0.3 is 0 Å². The van der Waals surface area contributed by atoms with Crippen molar-refractivity contribution in [2.75, 3.05) is 0 Å². The van der Waals surface area contributed by atoms with Crippen molar-refractivity contribution >= 4 is 43.5 Å². The van der Waals surface area contributed by atoms with Crippen molar-refractivity contribution in [3.8, 4) is 5.82 Å². The van der Waals surface area contributed by atoms with Crippen LogP contribution in [0, 0.1) is 13.8 Å². The molecule has 0 saturated heterocycles. The van der Waals surface area contributed by atoms with E-state index in [2.05, 4.69) is 46.9 Å². The van der Waals surface area contributed by atoms with Crippen LogP contribution in [0.4, 0.5) is 0 Å². The first-order valence-electron chi connectivity index (χ1n) is 4.41. The van der Waals surface area contributed by atoms with Gasteiger partial charge in [0.05, 0.1) is 20.3 Å². The van der Waals surface area contributed by atoms with Crippen LogP contribution in [0.1, 0.15) is 11.4 Å². The molecule has 2 aromatic rings. The Morgan fingerprint density at radius 1 is 1.31 bits per heavy atom. The van der Waals surface area contributed by atoms with Gasteiger partial charge in [0.15, 0.2) is 5.82 Å². The highest BCUT2D eigenvalue weighted by Gasteiger charge is 2.14. The van der Waals surface area contributed by atoms with Crippen LogP contribution in [0.2, 0.25) is 5.28 Å². The molecular formula is C9H7Br2ClN4. The van der Waals surface area contributed by atoms with E-state index in [0.29, 0.717) is 5.82 Å². The monoisotopic (exact) mass is 364 g/mol. The van der Waals surface area contributed by atoms with Gasteiger partial charge in [-0.2, -0.15) is 10.1 Å². The highest BCUT2D eigenvalue weighted by atomic mass is 79.9. The van der Waals surface area contributed by atoms with E-state index in [9.17, 15) is 0 Å². The van der Waals surface area contributed by atoms with Crippen LogP contribution in [-0.2, 0) is 0 Å². The molecule has 0 aliphatic carbocycles. The standard InChI is InChI=1S/C9H7Br2ClN4/c1-4-7(11)5(2)16(15-4)8-6(10)3-13-9(12)14-8/h3H,1-2H3. The van der Waals surface area contributed by atoms with Crippen LogP contribution in [-0.4, -0.2) is 19.7 Å². The second kappa shape index (κ2) is 4.43. The van der Waals surface area contributed by atoms with Gasteiger partial charge in [0.2, 0.25) is 5.28 Å². The fourth-order valence-corrected chi connectivity index (χ4v) is 2.05. The summed E-state index contributed by atoms with van der Waals surface area (Å²) in [7, 11) is 0. The predicted molar refractivity (Wildman–Crippen MR) is 69.0 cm³/mol. The summed E-state index contributed by atoms with van der Waals surface area (Å²) < 4.78 is 3.43. The molecule has 2 rings (SSSR count). The van der Waals surface area contributed by atoms with E-state index >= 15 is 0 Å². The van der Waals surface area contributed by atoms with Crippen LogP contribution >= 0.6 is 43.5 Å². The Balaban J connectivity index is 2.67. The molecule has 7 heteroatoms. The van der Waals surface area contributed by atoms with Crippen LogP contribution in [0.5, 0.6) is 0 Å². The largest absolute Gasteiger partial charge is 0.225 e. The highest BCUT2D eigenvalue weighted by molar-refractivity contribution is 9.11. The molecule has 0 aromatic carbocycles. The number of aryl methyl sites for hydroxylation is 1. The Morgan fingerprint density at radius 3 is 2.56 bits per heavy atom. The van der Waals surface area contributed by atoms with E-state index < -0.39 is 0 Å². The van der Waals surface area contributed by atoms with Gasteiger partial charge in [-0.25, -0.2) is 9.67 Å². The summed E-state index contributed by atoms with van der Waals surface area (Å²) in [4.78, 5) is 8.02. The summed E-state index contributed by atoms with van der Waals surface area (Å²) in [5.41, 5.74) is 1.87. The first-order valence-corrected chi connectivity index (χ1v) is 6.37. The third-order valence-corrected chi connectivity index (χ3v) is 3.99. The van der Waals surface area contributed by atoms with Crippen LogP contribution in [0.3, 0.4) is 0 Å². The highest BCUT2D eigenvalue weighted by Crippen LogP contribution is 2.26. The quantitative estimate of drug-likeness (QED) is 0.726. The number of halogens is 3. The molecule has 84 valence electrons. The molecule has 0 N–H and O–H groups in total. The third-order valence-electron chi connectivity index (χ3n) is 2.10. The van der Waals surface area contributed by atoms with Gasteiger partial charge in [0.25, 0.3) is 0 Å². The predicted octanol–water partition coefficient (Wildman–Crippen LogP) is 3.46. The molecule has 0 aliphatic heterocycles. The van der Waals surface area contributed by atoms with Crippen molar-refractivity contribution in [2.45, 2.75) is 13.8 Å². The molecule has 0 spiro atoms. The first-order chi connectivity index (χ1) is 7.50. The lowest BCUT2D eigenvalue weighted by Gasteiger charge is -2.05. The Hall–Kier alpha value is -0.460. The fourth-order valence-electron chi connectivity index (χ4n) is 1.32. The van der Waals surface area contributed by atoms with E-state index in [4.69, 9.17) is 11.6 Å². The van der Waals surface area contributed by atoms with Crippen LogP contribution in [0.25, 0.3) is 5.82 Å². The van der Waals surface area contributed by atoms with Gasteiger partial charge in [0.1, 0.15) is 0 Å².